The van der Waals surface area contributed by atoms with Crippen molar-refractivity contribution >= 4 is 5.97 Å². The van der Waals surface area contributed by atoms with Gasteiger partial charge in [0.2, 0.25) is 0 Å². The predicted octanol–water partition coefficient (Wildman–Crippen LogP) is 7.79. The Labute approximate surface area is 186 Å². The molecule has 0 aromatic heterocycles. The van der Waals surface area contributed by atoms with Crippen molar-refractivity contribution in [2.24, 2.45) is 46.3 Å². The average molecular weight is 417 g/mol. The standard InChI is InChI=1S/C28H48O2/c1-19(10-15-25(29)30-26(2,3)4)22-13-14-23-21-12-11-20-9-7-8-17-27(20,5)24(21)16-18-28(22,23)6/h19-24H,7-18H2,1-6H3/t19-,20+,21+,22?,23+,24?,27?,28?/m1/s1. The minimum atomic E-state index is -0.364. The fraction of sp³-hybridized carbons (Fsp3) is 0.964. The van der Waals surface area contributed by atoms with Crippen LogP contribution in [0.1, 0.15) is 119 Å². The summed E-state index contributed by atoms with van der Waals surface area (Å²) >= 11 is 0. The van der Waals surface area contributed by atoms with Gasteiger partial charge >= 0.3 is 5.97 Å². The van der Waals surface area contributed by atoms with Crippen molar-refractivity contribution in [1.29, 1.82) is 0 Å². The molecule has 0 heterocycles. The molecule has 0 saturated heterocycles. The summed E-state index contributed by atoms with van der Waals surface area (Å²) in [7, 11) is 0. The highest BCUT2D eigenvalue weighted by Gasteiger charge is 2.60. The largest absolute Gasteiger partial charge is 0.460 e. The Balaban J connectivity index is 1.42. The van der Waals surface area contributed by atoms with E-state index in [2.05, 4.69) is 20.8 Å². The van der Waals surface area contributed by atoms with Crippen LogP contribution in [0, 0.1) is 46.3 Å². The van der Waals surface area contributed by atoms with Gasteiger partial charge in [0.25, 0.3) is 0 Å². The lowest BCUT2D eigenvalue weighted by Gasteiger charge is -2.61. The molecule has 0 amide bonds. The second-order valence-electron chi connectivity index (χ2n) is 13.2. The molecule has 8 atom stereocenters. The van der Waals surface area contributed by atoms with E-state index in [0.717, 1.165) is 36.0 Å². The highest BCUT2D eigenvalue weighted by molar-refractivity contribution is 5.69. The summed E-state index contributed by atoms with van der Waals surface area (Å²) in [6.07, 6.45) is 16.3. The first-order chi connectivity index (χ1) is 14.0. The molecule has 4 saturated carbocycles. The van der Waals surface area contributed by atoms with Gasteiger partial charge in [-0.2, -0.15) is 0 Å². The first kappa shape index (κ1) is 22.7. The van der Waals surface area contributed by atoms with Gasteiger partial charge in [-0.25, -0.2) is 0 Å². The van der Waals surface area contributed by atoms with Crippen LogP contribution >= 0.6 is 0 Å². The highest BCUT2D eigenvalue weighted by Crippen LogP contribution is 2.68. The van der Waals surface area contributed by atoms with Crippen molar-refractivity contribution in [3.05, 3.63) is 0 Å². The van der Waals surface area contributed by atoms with Crippen molar-refractivity contribution < 1.29 is 9.53 Å². The fourth-order valence-corrected chi connectivity index (χ4v) is 9.21. The fourth-order valence-electron chi connectivity index (χ4n) is 9.21. The zero-order chi connectivity index (χ0) is 21.7. The molecule has 4 unspecified atom stereocenters. The van der Waals surface area contributed by atoms with Gasteiger partial charge < -0.3 is 4.74 Å². The SMILES string of the molecule is C[C@H](CCC(=O)OC(C)(C)C)C1CC[C@H]2[C@@H]3CC[C@@H]4CCCCC4(C)C3CCC12C. The second kappa shape index (κ2) is 8.11. The third-order valence-electron chi connectivity index (χ3n) is 10.6. The Morgan fingerprint density at radius 2 is 1.67 bits per heavy atom. The molecule has 0 N–H and O–H groups in total. The van der Waals surface area contributed by atoms with Crippen LogP contribution < -0.4 is 0 Å². The van der Waals surface area contributed by atoms with Gasteiger partial charge in [0, 0.05) is 6.42 Å². The van der Waals surface area contributed by atoms with E-state index in [0.29, 0.717) is 23.2 Å². The van der Waals surface area contributed by atoms with E-state index < -0.39 is 0 Å². The average Bonchev–Trinajstić information content (AvgIpc) is 3.01. The summed E-state index contributed by atoms with van der Waals surface area (Å²) in [6, 6.07) is 0. The highest BCUT2D eigenvalue weighted by atomic mass is 16.6. The van der Waals surface area contributed by atoms with Gasteiger partial charge in [-0.05, 0) is 125 Å². The summed E-state index contributed by atoms with van der Waals surface area (Å²) in [5.41, 5.74) is 0.784. The molecule has 0 radical (unpaired) electrons. The Morgan fingerprint density at radius 1 is 0.933 bits per heavy atom. The molecule has 2 nitrogen and oxygen atoms in total. The number of hydrogen-bond donors (Lipinski definition) is 0. The molecule has 4 rings (SSSR count). The maximum Gasteiger partial charge on any atom is 0.306 e. The molecule has 30 heavy (non-hydrogen) atoms. The quantitative estimate of drug-likeness (QED) is 0.437. The van der Waals surface area contributed by atoms with E-state index in [1.165, 1.54) is 64.2 Å². The van der Waals surface area contributed by atoms with Gasteiger partial charge in [-0.15, -0.1) is 0 Å². The number of esters is 1. The molecule has 4 aliphatic rings. The first-order valence-electron chi connectivity index (χ1n) is 13.3. The normalized spacial score (nSPS) is 44.5. The third-order valence-corrected chi connectivity index (χ3v) is 10.6. The van der Waals surface area contributed by atoms with Crippen molar-refractivity contribution in [3.63, 3.8) is 0 Å². The van der Waals surface area contributed by atoms with E-state index in [4.69, 9.17) is 4.74 Å². The lowest BCUT2D eigenvalue weighted by molar-refractivity contribution is -0.155. The van der Waals surface area contributed by atoms with Crippen molar-refractivity contribution in [3.8, 4) is 0 Å². The van der Waals surface area contributed by atoms with Crippen LogP contribution in [0.3, 0.4) is 0 Å². The van der Waals surface area contributed by atoms with Crippen LogP contribution in [-0.2, 0) is 9.53 Å². The maximum atomic E-state index is 12.3. The summed E-state index contributed by atoms with van der Waals surface area (Å²) < 4.78 is 5.58. The van der Waals surface area contributed by atoms with Gasteiger partial charge in [0.1, 0.15) is 5.60 Å². The molecule has 0 bridgehead atoms. The molecule has 0 aromatic carbocycles. The van der Waals surface area contributed by atoms with Gasteiger partial charge in [0.15, 0.2) is 0 Å². The van der Waals surface area contributed by atoms with Crippen LogP contribution in [0.15, 0.2) is 0 Å². The predicted molar refractivity (Wildman–Crippen MR) is 124 cm³/mol. The third kappa shape index (κ3) is 3.99. The lowest BCUT2D eigenvalue weighted by atomic mass is 9.44. The van der Waals surface area contributed by atoms with Crippen LogP contribution in [0.2, 0.25) is 0 Å². The molecular formula is C28H48O2. The van der Waals surface area contributed by atoms with E-state index >= 15 is 0 Å². The molecule has 0 aliphatic heterocycles. The molecule has 0 spiro atoms. The van der Waals surface area contributed by atoms with Crippen LogP contribution in [0.25, 0.3) is 0 Å². The maximum absolute atomic E-state index is 12.3. The number of carbonyl (C=O) groups excluding carboxylic acids is 1. The number of ether oxygens (including phenoxy) is 1. The Kier molecular flexibility index (Phi) is 6.12. The zero-order valence-electron chi connectivity index (χ0n) is 20.8. The first-order valence-corrected chi connectivity index (χ1v) is 13.3. The van der Waals surface area contributed by atoms with Gasteiger partial charge in [-0.1, -0.05) is 33.6 Å². The summed E-state index contributed by atoms with van der Waals surface area (Å²) in [4.78, 5) is 12.3. The smallest absolute Gasteiger partial charge is 0.306 e. The Hall–Kier alpha value is -0.530. The molecule has 4 fully saturated rings. The van der Waals surface area contributed by atoms with E-state index in [1.54, 1.807) is 0 Å². The van der Waals surface area contributed by atoms with E-state index in [1.807, 2.05) is 20.8 Å². The number of rotatable bonds is 4. The summed E-state index contributed by atoms with van der Waals surface area (Å²) in [5, 5.41) is 0. The Bertz CT molecular complexity index is 633. The summed E-state index contributed by atoms with van der Waals surface area (Å²) in [5.74, 6) is 5.33. The monoisotopic (exact) mass is 416 g/mol. The van der Waals surface area contributed by atoms with Gasteiger partial charge in [-0.3, -0.25) is 4.79 Å². The Morgan fingerprint density at radius 3 is 2.40 bits per heavy atom. The molecular weight excluding hydrogens is 368 g/mol. The van der Waals surface area contributed by atoms with Crippen molar-refractivity contribution in [2.45, 2.75) is 124 Å². The molecule has 172 valence electrons. The van der Waals surface area contributed by atoms with Crippen LogP contribution in [-0.4, -0.2) is 11.6 Å². The number of carbonyl (C=O) groups is 1. The number of fused-ring (bicyclic) bond motifs is 5. The number of hydrogen-bond acceptors (Lipinski definition) is 2. The van der Waals surface area contributed by atoms with E-state index in [9.17, 15) is 4.79 Å². The van der Waals surface area contributed by atoms with E-state index in [-0.39, 0.29) is 11.6 Å². The van der Waals surface area contributed by atoms with Gasteiger partial charge in [0.05, 0.1) is 0 Å². The van der Waals surface area contributed by atoms with Crippen LogP contribution in [0.4, 0.5) is 0 Å². The van der Waals surface area contributed by atoms with Crippen LogP contribution in [0.5, 0.6) is 0 Å². The minimum absolute atomic E-state index is 0.0127. The topological polar surface area (TPSA) is 26.3 Å². The minimum Gasteiger partial charge on any atom is -0.460 e. The van der Waals surface area contributed by atoms with Crippen molar-refractivity contribution in [1.82, 2.24) is 0 Å². The lowest BCUT2D eigenvalue weighted by Crippen LogP contribution is -2.53. The van der Waals surface area contributed by atoms with Crippen molar-refractivity contribution in [2.75, 3.05) is 0 Å². The molecule has 0 aromatic rings. The summed E-state index contributed by atoms with van der Waals surface area (Å²) in [6.45, 7) is 13.7. The molecule has 4 aliphatic carbocycles. The molecule has 2 heteroatoms. The second-order valence-corrected chi connectivity index (χ2v) is 13.2. The zero-order valence-corrected chi connectivity index (χ0v) is 20.8.